The molecule has 43 heavy (non-hydrogen) atoms. The van der Waals surface area contributed by atoms with Crippen molar-refractivity contribution in [1.82, 2.24) is 34.0 Å². The van der Waals surface area contributed by atoms with Crippen LogP contribution in [0.1, 0.15) is 58.8 Å². The predicted octanol–water partition coefficient (Wildman–Crippen LogP) is 5.54. The molecule has 1 N–H and O–H groups in total. The van der Waals surface area contributed by atoms with Gasteiger partial charge < -0.3 is 19.0 Å². The number of imidazole rings is 2. The van der Waals surface area contributed by atoms with Crippen LogP contribution in [0.3, 0.4) is 0 Å². The van der Waals surface area contributed by atoms with Crippen molar-refractivity contribution in [3.8, 4) is 5.88 Å². The first kappa shape index (κ1) is 28.8. The molecular weight excluding hydrogens is 573 g/mol. The Morgan fingerprint density at radius 1 is 1.12 bits per heavy atom. The number of aromatic nitrogens is 6. The van der Waals surface area contributed by atoms with Crippen molar-refractivity contribution in [1.29, 1.82) is 0 Å². The van der Waals surface area contributed by atoms with Crippen LogP contribution in [0.15, 0.2) is 61.3 Å². The van der Waals surface area contributed by atoms with Crippen LogP contribution in [0.5, 0.6) is 5.88 Å². The van der Waals surface area contributed by atoms with E-state index in [2.05, 4.69) is 35.9 Å². The van der Waals surface area contributed by atoms with Crippen molar-refractivity contribution in [3.63, 3.8) is 0 Å². The van der Waals surface area contributed by atoms with E-state index >= 15 is 0 Å². The highest BCUT2D eigenvalue weighted by Crippen LogP contribution is 2.33. The highest BCUT2D eigenvalue weighted by Gasteiger charge is 2.27. The first-order valence-corrected chi connectivity index (χ1v) is 14.6. The predicted molar refractivity (Wildman–Crippen MR) is 159 cm³/mol. The van der Waals surface area contributed by atoms with Crippen molar-refractivity contribution in [2.45, 2.75) is 51.9 Å². The number of fused-ring (bicyclic) bond motifs is 1. The summed E-state index contributed by atoms with van der Waals surface area (Å²) in [6, 6.07) is 9.57. The van der Waals surface area contributed by atoms with E-state index < -0.39 is 11.8 Å². The Bertz CT molecular complexity index is 1760. The molecule has 1 aliphatic heterocycles. The van der Waals surface area contributed by atoms with E-state index in [1.54, 1.807) is 49.1 Å². The molecule has 0 radical (unpaired) electrons. The van der Waals surface area contributed by atoms with Gasteiger partial charge in [-0.2, -0.15) is 0 Å². The molecule has 3 aromatic heterocycles. The third kappa shape index (κ3) is 6.23. The molecule has 6 rings (SSSR count). The van der Waals surface area contributed by atoms with E-state index in [1.807, 2.05) is 6.20 Å². The first-order chi connectivity index (χ1) is 20.9. The molecule has 5 aromatic rings. The summed E-state index contributed by atoms with van der Waals surface area (Å²) in [5.74, 6) is 0.0382. The molecule has 0 atom stereocenters. The van der Waals surface area contributed by atoms with Crippen LogP contribution in [0, 0.1) is 5.82 Å². The van der Waals surface area contributed by atoms with E-state index in [-0.39, 0.29) is 18.1 Å². The minimum absolute atomic E-state index is 0.0320. The number of carboxylic acid groups (broad SMARTS) is 1. The van der Waals surface area contributed by atoms with Gasteiger partial charge >= 0.3 is 5.97 Å². The van der Waals surface area contributed by atoms with Gasteiger partial charge in [-0.05, 0) is 63.2 Å². The van der Waals surface area contributed by atoms with Crippen molar-refractivity contribution in [2.24, 2.45) is 0 Å². The molecule has 0 saturated carbocycles. The maximum absolute atomic E-state index is 14.3. The van der Waals surface area contributed by atoms with Crippen LogP contribution in [-0.2, 0) is 26.2 Å². The van der Waals surface area contributed by atoms with Crippen molar-refractivity contribution in [2.75, 3.05) is 13.1 Å². The second kappa shape index (κ2) is 12.5. The summed E-state index contributed by atoms with van der Waals surface area (Å²) in [5.41, 5.74) is 3.97. The number of rotatable bonds is 10. The van der Waals surface area contributed by atoms with Crippen LogP contribution in [0.4, 0.5) is 4.39 Å². The average molecular weight is 604 g/mol. The topological polar surface area (TPSA) is 111 Å². The second-order valence-electron chi connectivity index (χ2n) is 10.6. The molecule has 2 aromatic carbocycles. The minimum Gasteiger partial charge on any atom is -0.478 e. The van der Waals surface area contributed by atoms with Gasteiger partial charge in [0.05, 0.1) is 41.7 Å². The number of hydrogen-bond donors (Lipinski definition) is 1. The van der Waals surface area contributed by atoms with E-state index in [1.165, 1.54) is 6.07 Å². The molecule has 1 saturated heterocycles. The zero-order valence-electron chi connectivity index (χ0n) is 23.7. The number of aromatic carboxylic acids is 1. The van der Waals surface area contributed by atoms with Gasteiger partial charge in [0.1, 0.15) is 23.9 Å². The summed E-state index contributed by atoms with van der Waals surface area (Å²) in [5, 5.41) is 9.94. The largest absolute Gasteiger partial charge is 0.478 e. The van der Waals surface area contributed by atoms with E-state index in [9.17, 15) is 14.3 Å². The Morgan fingerprint density at radius 2 is 1.93 bits per heavy atom. The summed E-state index contributed by atoms with van der Waals surface area (Å²) in [7, 11) is 0. The molecule has 4 heterocycles. The molecule has 12 heteroatoms. The number of nitrogens with zero attached hydrogens (tertiary/aromatic N) is 7. The fourth-order valence-corrected chi connectivity index (χ4v) is 5.76. The fraction of sp³-hybridized carbons (Fsp3) is 0.323. The van der Waals surface area contributed by atoms with Gasteiger partial charge in [-0.1, -0.05) is 17.7 Å². The lowest BCUT2D eigenvalue weighted by molar-refractivity contribution is 0.0697. The molecule has 222 valence electrons. The van der Waals surface area contributed by atoms with Gasteiger partial charge in [0.15, 0.2) is 0 Å². The van der Waals surface area contributed by atoms with Gasteiger partial charge in [-0.15, -0.1) is 0 Å². The zero-order valence-corrected chi connectivity index (χ0v) is 24.4. The Hall–Kier alpha value is -4.35. The third-order valence-corrected chi connectivity index (χ3v) is 8.18. The first-order valence-electron chi connectivity index (χ1n) is 14.2. The minimum atomic E-state index is -0.970. The van der Waals surface area contributed by atoms with E-state index in [4.69, 9.17) is 21.3 Å². The lowest BCUT2D eigenvalue weighted by Crippen LogP contribution is -2.34. The zero-order chi connectivity index (χ0) is 29.9. The Balaban J connectivity index is 1.18. The van der Waals surface area contributed by atoms with Gasteiger partial charge in [-0.25, -0.2) is 24.1 Å². The summed E-state index contributed by atoms with van der Waals surface area (Å²) < 4.78 is 24.4. The second-order valence-corrected chi connectivity index (χ2v) is 11.1. The molecule has 0 amide bonds. The number of carbonyl (C=O) groups is 1. The molecule has 0 aliphatic carbocycles. The SMILES string of the molecule is CCn1cncc1Cn1c(CN2CCC(c3nccnc3OCc3ccc(Cl)cc3F)CC2)nc2ccc(C(=O)O)cc21. The van der Waals surface area contributed by atoms with Crippen LogP contribution < -0.4 is 4.74 Å². The number of halogens is 2. The Kier molecular flexibility index (Phi) is 8.35. The summed E-state index contributed by atoms with van der Waals surface area (Å²) in [6.45, 7) is 5.65. The van der Waals surface area contributed by atoms with Gasteiger partial charge in [0.2, 0.25) is 5.88 Å². The molecule has 0 spiro atoms. The number of aryl methyl sites for hydroxylation is 1. The summed E-state index contributed by atoms with van der Waals surface area (Å²) >= 11 is 5.88. The van der Waals surface area contributed by atoms with Gasteiger partial charge in [0, 0.05) is 41.6 Å². The van der Waals surface area contributed by atoms with Crippen LogP contribution >= 0.6 is 11.6 Å². The maximum atomic E-state index is 14.3. The standard InChI is InChI=1S/C31H31ClFN7O3/c1-2-39-19-34-15-24(39)16-40-27-13-21(31(41)42)4-6-26(27)37-28(40)17-38-11-7-20(8-12-38)29-30(36-10-9-35-29)43-18-22-3-5-23(32)14-25(22)33/h3-6,9-10,13-15,19-20H,2,7-8,11-12,16-18H2,1H3,(H,41,42). The average Bonchev–Trinajstić information content (AvgIpc) is 3.61. The molecule has 10 nitrogen and oxygen atoms in total. The highest BCUT2D eigenvalue weighted by atomic mass is 35.5. The lowest BCUT2D eigenvalue weighted by atomic mass is 9.93. The number of ether oxygens (including phenoxy) is 1. The maximum Gasteiger partial charge on any atom is 0.335 e. The van der Waals surface area contributed by atoms with Crippen molar-refractivity contribution < 1.29 is 19.0 Å². The lowest BCUT2D eigenvalue weighted by Gasteiger charge is -2.31. The molecular formula is C31H31ClFN7O3. The molecule has 0 bridgehead atoms. The molecule has 1 aliphatic rings. The highest BCUT2D eigenvalue weighted by molar-refractivity contribution is 6.30. The number of hydrogen-bond acceptors (Lipinski definition) is 7. The van der Waals surface area contributed by atoms with Crippen molar-refractivity contribution in [3.05, 3.63) is 100 Å². The van der Waals surface area contributed by atoms with Crippen LogP contribution in [-0.4, -0.2) is 58.1 Å². The van der Waals surface area contributed by atoms with Gasteiger partial charge in [0.25, 0.3) is 0 Å². The van der Waals surface area contributed by atoms with Crippen molar-refractivity contribution >= 4 is 28.6 Å². The van der Waals surface area contributed by atoms with Crippen LogP contribution in [0.2, 0.25) is 5.02 Å². The third-order valence-electron chi connectivity index (χ3n) is 7.94. The number of carboxylic acids is 1. The smallest absolute Gasteiger partial charge is 0.335 e. The fourth-order valence-electron chi connectivity index (χ4n) is 5.61. The summed E-state index contributed by atoms with van der Waals surface area (Å²) in [6.07, 6.45) is 8.57. The number of piperidine rings is 1. The quantitative estimate of drug-likeness (QED) is 0.221. The van der Waals surface area contributed by atoms with Crippen LogP contribution in [0.25, 0.3) is 11.0 Å². The molecule has 1 fully saturated rings. The van der Waals surface area contributed by atoms with E-state index in [0.29, 0.717) is 29.6 Å². The normalized spacial score (nSPS) is 14.4. The summed E-state index contributed by atoms with van der Waals surface area (Å²) in [4.78, 5) is 32.3. The van der Waals surface area contributed by atoms with E-state index in [0.717, 1.165) is 60.7 Å². The van der Waals surface area contributed by atoms with Gasteiger partial charge in [-0.3, -0.25) is 9.88 Å². The molecule has 0 unspecified atom stereocenters. The Labute approximate surface area is 252 Å². The number of likely N-dealkylation sites (tertiary alicyclic amines) is 1. The monoisotopic (exact) mass is 603 g/mol. The Morgan fingerprint density at radius 3 is 2.70 bits per heavy atom. The number of benzene rings is 2.